The molecule has 1 aliphatic carbocycles. The third kappa shape index (κ3) is 3.99. The molecule has 18 heavy (non-hydrogen) atoms. The van der Waals surface area contributed by atoms with Crippen LogP contribution in [-0.4, -0.2) is 8.42 Å². The molecule has 0 atom stereocenters. The molecule has 0 saturated heterocycles. The zero-order chi connectivity index (χ0) is 12.3. The summed E-state index contributed by atoms with van der Waals surface area (Å²) >= 11 is 0. The van der Waals surface area contributed by atoms with Crippen molar-refractivity contribution in [2.75, 3.05) is 0 Å². The van der Waals surface area contributed by atoms with Gasteiger partial charge in [-0.25, -0.2) is 8.42 Å². The van der Waals surface area contributed by atoms with Crippen molar-refractivity contribution in [3.63, 3.8) is 0 Å². The van der Waals surface area contributed by atoms with Crippen LogP contribution in [0.15, 0.2) is 53.1 Å². The maximum atomic E-state index is 12.0. The van der Waals surface area contributed by atoms with Gasteiger partial charge in [0.2, 0.25) is 0 Å². The number of sulfonamides is 1. The van der Waals surface area contributed by atoms with Gasteiger partial charge in [0.1, 0.15) is 10.0 Å². The van der Waals surface area contributed by atoms with Gasteiger partial charge in [-0.2, -0.15) is 0 Å². The Hall–Kier alpha value is -0.550. The van der Waals surface area contributed by atoms with Crippen molar-refractivity contribution < 1.29 is 38.0 Å². The Balaban J connectivity index is 0.00000162. The Morgan fingerprint density at radius 1 is 1.11 bits per heavy atom. The van der Waals surface area contributed by atoms with Gasteiger partial charge in [0.25, 0.3) is 0 Å². The molecule has 1 aromatic carbocycles. The molecule has 0 amide bonds. The van der Waals surface area contributed by atoms with Crippen molar-refractivity contribution in [1.29, 1.82) is 0 Å². The van der Waals surface area contributed by atoms with Crippen LogP contribution in [0.5, 0.6) is 0 Å². The molecule has 0 N–H and O–H groups in total. The summed E-state index contributed by atoms with van der Waals surface area (Å²) in [6.45, 7) is 1.92. The topological polar surface area (TPSA) is 48.2 Å². The molecule has 0 saturated carbocycles. The molecular weight excluding hydrogens is 257 g/mol. The summed E-state index contributed by atoms with van der Waals surface area (Å²) in [7, 11) is -3.57. The number of nitrogens with zero attached hydrogens (tertiary/aromatic N) is 1. The minimum Gasteiger partial charge on any atom is -0.573 e. The Labute approximate surface area is 130 Å². The van der Waals surface area contributed by atoms with E-state index in [1.54, 1.807) is 30.3 Å². The fourth-order valence-electron chi connectivity index (χ4n) is 1.57. The summed E-state index contributed by atoms with van der Waals surface area (Å²) in [4.78, 5) is 0.239. The average molecular weight is 271 g/mol. The van der Waals surface area contributed by atoms with Gasteiger partial charge in [-0.1, -0.05) is 35.9 Å². The monoisotopic (exact) mass is 271 g/mol. The van der Waals surface area contributed by atoms with Crippen molar-refractivity contribution in [3.05, 3.63) is 58.5 Å². The predicted molar refractivity (Wildman–Crippen MR) is 68.2 cm³/mol. The molecule has 0 fully saturated rings. The van der Waals surface area contributed by atoms with Gasteiger partial charge in [-0.05, 0) is 31.9 Å². The van der Waals surface area contributed by atoms with Crippen LogP contribution >= 0.6 is 0 Å². The van der Waals surface area contributed by atoms with Gasteiger partial charge < -0.3 is 4.72 Å². The first-order chi connectivity index (χ1) is 8.08. The van der Waals surface area contributed by atoms with E-state index in [1.807, 2.05) is 19.1 Å². The van der Waals surface area contributed by atoms with Crippen LogP contribution in [0.1, 0.15) is 18.4 Å². The van der Waals surface area contributed by atoms with Gasteiger partial charge in [-0.15, -0.1) is 5.70 Å². The molecule has 0 spiro atoms. The van der Waals surface area contributed by atoms with Crippen LogP contribution in [-0.2, 0) is 10.0 Å². The standard InChI is InChI=1S/C13H14NO2S.Na/c1-11-7-9-13(10-8-11)17(15,16)14-12-5-3-2-4-6-12;/h3,5-10H,2,4H2,1H3;/q-1;+1. The number of allylic oxidation sites excluding steroid dienone is 3. The Bertz CT molecular complexity index is 559. The summed E-state index contributed by atoms with van der Waals surface area (Å²) in [5, 5.41) is 0. The quantitative estimate of drug-likeness (QED) is 0.742. The van der Waals surface area contributed by atoms with Crippen molar-refractivity contribution >= 4 is 10.0 Å². The van der Waals surface area contributed by atoms with Crippen molar-refractivity contribution in [1.82, 2.24) is 0 Å². The Morgan fingerprint density at radius 3 is 2.33 bits per heavy atom. The van der Waals surface area contributed by atoms with Crippen molar-refractivity contribution in [2.45, 2.75) is 24.7 Å². The molecule has 0 aliphatic heterocycles. The molecule has 1 aromatic rings. The zero-order valence-electron chi connectivity index (χ0n) is 10.6. The molecule has 5 heteroatoms. The number of benzene rings is 1. The van der Waals surface area contributed by atoms with E-state index in [9.17, 15) is 8.42 Å². The fourth-order valence-corrected chi connectivity index (χ4v) is 2.57. The third-order valence-electron chi connectivity index (χ3n) is 2.52. The van der Waals surface area contributed by atoms with Crippen LogP contribution in [0.2, 0.25) is 0 Å². The van der Waals surface area contributed by atoms with Crippen LogP contribution < -0.4 is 29.6 Å². The summed E-state index contributed by atoms with van der Waals surface area (Å²) in [6, 6.07) is 6.71. The van der Waals surface area contributed by atoms with Crippen molar-refractivity contribution in [2.24, 2.45) is 0 Å². The van der Waals surface area contributed by atoms with E-state index in [2.05, 4.69) is 4.72 Å². The minimum atomic E-state index is -3.57. The number of rotatable bonds is 3. The number of hydrogen-bond donors (Lipinski definition) is 0. The molecule has 0 heterocycles. The third-order valence-corrected chi connectivity index (χ3v) is 3.84. The molecule has 0 aromatic heterocycles. The molecular formula is C13H14NNaO2S. The SMILES string of the molecule is Cc1ccc(S(=O)(=O)[N-]C2=CCCC=C2)cc1.[Na+]. The van der Waals surface area contributed by atoms with Crippen LogP contribution in [0.4, 0.5) is 0 Å². The summed E-state index contributed by atoms with van der Waals surface area (Å²) in [5.41, 5.74) is 1.55. The zero-order valence-corrected chi connectivity index (χ0v) is 13.4. The smallest absolute Gasteiger partial charge is 0.573 e. The van der Waals surface area contributed by atoms with Gasteiger partial charge in [0.05, 0.1) is 4.90 Å². The van der Waals surface area contributed by atoms with E-state index in [0.717, 1.165) is 18.4 Å². The van der Waals surface area contributed by atoms with E-state index < -0.39 is 10.0 Å². The summed E-state index contributed by atoms with van der Waals surface area (Å²) < 4.78 is 27.8. The first-order valence-electron chi connectivity index (χ1n) is 5.49. The molecule has 0 unspecified atom stereocenters. The molecule has 0 radical (unpaired) electrons. The second-order valence-electron chi connectivity index (χ2n) is 3.99. The van der Waals surface area contributed by atoms with Crippen LogP contribution in [0.3, 0.4) is 0 Å². The largest absolute Gasteiger partial charge is 1.00 e. The van der Waals surface area contributed by atoms with Crippen LogP contribution in [0, 0.1) is 6.92 Å². The molecule has 3 nitrogen and oxygen atoms in total. The maximum Gasteiger partial charge on any atom is 1.00 e. The second-order valence-corrected chi connectivity index (χ2v) is 5.59. The fraction of sp³-hybridized carbons (Fsp3) is 0.231. The van der Waals surface area contributed by atoms with E-state index in [4.69, 9.17) is 0 Å². The Morgan fingerprint density at radius 2 is 1.78 bits per heavy atom. The summed E-state index contributed by atoms with van der Waals surface area (Å²) in [6.07, 6.45) is 7.31. The van der Waals surface area contributed by atoms with E-state index in [1.165, 1.54) is 0 Å². The van der Waals surface area contributed by atoms with E-state index in [0.29, 0.717) is 5.70 Å². The first kappa shape index (κ1) is 15.5. The van der Waals surface area contributed by atoms with Gasteiger partial charge in [0, 0.05) is 0 Å². The maximum absolute atomic E-state index is 12.0. The normalized spacial score (nSPS) is 14.6. The molecule has 0 bridgehead atoms. The predicted octanol–water partition coefficient (Wildman–Crippen LogP) is 0.295. The van der Waals surface area contributed by atoms with Gasteiger partial charge in [-0.3, -0.25) is 0 Å². The van der Waals surface area contributed by atoms with Crippen LogP contribution in [0.25, 0.3) is 4.72 Å². The number of aryl methyl sites for hydroxylation is 1. The van der Waals surface area contributed by atoms with Gasteiger partial charge >= 0.3 is 29.6 Å². The molecule has 2 rings (SSSR count). The first-order valence-corrected chi connectivity index (χ1v) is 6.93. The molecule has 1 aliphatic rings. The van der Waals surface area contributed by atoms with E-state index in [-0.39, 0.29) is 34.5 Å². The van der Waals surface area contributed by atoms with Gasteiger partial charge in [0.15, 0.2) is 0 Å². The summed E-state index contributed by atoms with van der Waals surface area (Å²) in [5.74, 6) is 0. The molecule has 90 valence electrons. The van der Waals surface area contributed by atoms with Crippen molar-refractivity contribution in [3.8, 4) is 0 Å². The average Bonchev–Trinajstić information content (AvgIpc) is 2.30. The second kappa shape index (κ2) is 6.57. The Kier molecular flexibility index (Phi) is 5.66. The number of hydrogen-bond acceptors (Lipinski definition) is 2. The van der Waals surface area contributed by atoms with E-state index >= 15 is 0 Å². The minimum absolute atomic E-state index is 0.